The highest BCUT2D eigenvalue weighted by molar-refractivity contribution is 5.93. The number of nitrogens with two attached hydrogens (primary N) is 1. The first-order valence-corrected chi connectivity index (χ1v) is 17.6. The number of carbonyl (C=O) groups excluding carboxylic acids is 3. The molecule has 0 aromatic heterocycles. The lowest BCUT2D eigenvalue weighted by Gasteiger charge is -2.37. The summed E-state index contributed by atoms with van der Waals surface area (Å²) in [5, 5.41) is 11.8. The van der Waals surface area contributed by atoms with Gasteiger partial charge >= 0.3 is 0 Å². The zero-order chi connectivity index (χ0) is 32.2. The third-order valence-corrected chi connectivity index (χ3v) is 12.0. The lowest BCUT2D eigenvalue weighted by atomic mass is 9.68. The number of hydrogen-bond acceptors (Lipinski definition) is 4. The van der Waals surface area contributed by atoms with E-state index in [0.717, 1.165) is 38.5 Å². The van der Waals surface area contributed by atoms with Crippen LogP contribution in [0.5, 0.6) is 0 Å². The molecule has 0 radical (unpaired) electrons. The predicted molar refractivity (Wildman–Crippen MR) is 178 cm³/mol. The van der Waals surface area contributed by atoms with Crippen LogP contribution < -0.4 is 5.73 Å². The summed E-state index contributed by atoms with van der Waals surface area (Å²) in [4.78, 5) is 40.6. The molecule has 244 valence electrons. The van der Waals surface area contributed by atoms with Crippen LogP contribution in [0.1, 0.15) is 130 Å². The molecule has 8 unspecified atom stereocenters. The second-order valence-corrected chi connectivity index (χ2v) is 15.8. The van der Waals surface area contributed by atoms with Crippen molar-refractivity contribution in [2.45, 2.75) is 130 Å². The van der Waals surface area contributed by atoms with E-state index in [1.54, 1.807) is 0 Å². The third kappa shape index (κ3) is 8.11. The summed E-state index contributed by atoms with van der Waals surface area (Å²) in [5.41, 5.74) is 6.20. The number of primary amides is 1. The number of Topliss-reactive ketones (excluding diaryl/α,β-unsaturated/α-hetero) is 2. The first-order chi connectivity index (χ1) is 20.8. The highest BCUT2D eigenvalue weighted by Crippen LogP contribution is 2.68. The lowest BCUT2D eigenvalue weighted by molar-refractivity contribution is -0.135. The average Bonchev–Trinajstić information content (AvgIpc) is 3.65. The topological polar surface area (TPSA) is 97.5 Å². The van der Waals surface area contributed by atoms with Gasteiger partial charge in [-0.1, -0.05) is 96.7 Å². The Kier molecular flexibility index (Phi) is 11.4. The number of ketones is 2. The summed E-state index contributed by atoms with van der Waals surface area (Å²) in [6, 6.07) is 10.3. The van der Waals surface area contributed by atoms with E-state index in [9.17, 15) is 19.5 Å². The van der Waals surface area contributed by atoms with Crippen molar-refractivity contribution in [3.8, 4) is 0 Å². The van der Waals surface area contributed by atoms with Gasteiger partial charge < -0.3 is 10.8 Å². The predicted octanol–water partition coefficient (Wildman–Crippen LogP) is 8.19. The quantitative estimate of drug-likeness (QED) is 0.156. The van der Waals surface area contributed by atoms with Crippen LogP contribution in [0.15, 0.2) is 42.5 Å². The monoisotopic (exact) mass is 605 g/mol. The molecule has 0 bridgehead atoms. The van der Waals surface area contributed by atoms with E-state index in [0.29, 0.717) is 37.2 Å². The van der Waals surface area contributed by atoms with E-state index in [-0.39, 0.29) is 64.8 Å². The maximum absolute atomic E-state index is 14.7. The molecule has 1 amide bonds. The minimum atomic E-state index is -0.963. The fraction of sp³-hybridized carbons (Fsp3) is 0.718. The summed E-state index contributed by atoms with van der Waals surface area (Å²) in [7, 11) is 0. The standard InChI is InChI=1S/C39H59NO4/c1-7-15-29(26(3)37(40)43)22-34(41)31-20-30(21-33-35(31)38(33,4)5)36(42)32(28-18-11-8-9-12-19-28)24-39(6,44)23-25(2)27-16-13-10-14-17-27/h10,13-14,16-17,25,28-33,35,44H,3,7-9,11-12,15,18-24H2,1-2,4-6H3,(H2,40,43). The van der Waals surface area contributed by atoms with Gasteiger partial charge in [-0.3, -0.25) is 14.4 Å². The van der Waals surface area contributed by atoms with Crippen molar-refractivity contribution < 1.29 is 19.5 Å². The van der Waals surface area contributed by atoms with Crippen LogP contribution in [-0.4, -0.2) is 28.2 Å². The average molecular weight is 606 g/mol. The first-order valence-electron chi connectivity index (χ1n) is 17.6. The Morgan fingerprint density at radius 1 is 1.05 bits per heavy atom. The molecule has 5 nitrogen and oxygen atoms in total. The SMILES string of the molecule is C=C(C(N)=O)C(CCC)CC(=O)C1CC(C(=O)C(CC(C)(O)CC(C)c2ccccc2)C2CCCCCC2)CC2C1C2(C)C. The Hall–Kier alpha value is -2.27. The van der Waals surface area contributed by atoms with Gasteiger partial charge in [-0.25, -0.2) is 0 Å². The smallest absolute Gasteiger partial charge is 0.244 e. The maximum Gasteiger partial charge on any atom is 0.244 e. The molecule has 44 heavy (non-hydrogen) atoms. The molecule has 5 heteroatoms. The van der Waals surface area contributed by atoms with E-state index in [4.69, 9.17) is 5.73 Å². The molecular weight excluding hydrogens is 546 g/mol. The number of aliphatic hydroxyl groups is 1. The molecule has 1 aromatic carbocycles. The van der Waals surface area contributed by atoms with Gasteiger partial charge in [-0.05, 0) is 92.4 Å². The summed E-state index contributed by atoms with van der Waals surface area (Å²) in [5.74, 6) is 0.284. The number of amides is 1. The summed E-state index contributed by atoms with van der Waals surface area (Å²) in [6.07, 6.45) is 11.2. The summed E-state index contributed by atoms with van der Waals surface area (Å²) in [6.45, 7) is 14.6. The molecule has 4 rings (SSSR count). The molecule has 0 heterocycles. The van der Waals surface area contributed by atoms with Crippen LogP contribution in [0.25, 0.3) is 0 Å². The van der Waals surface area contributed by atoms with Crippen molar-refractivity contribution in [1.29, 1.82) is 0 Å². The van der Waals surface area contributed by atoms with Gasteiger partial charge in [0.15, 0.2) is 0 Å². The summed E-state index contributed by atoms with van der Waals surface area (Å²) < 4.78 is 0. The Bertz CT molecular complexity index is 1160. The van der Waals surface area contributed by atoms with Gasteiger partial charge in [0.05, 0.1) is 5.60 Å². The van der Waals surface area contributed by atoms with Gasteiger partial charge in [0.25, 0.3) is 0 Å². The van der Waals surface area contributed by atoms with E-state index < -0.39 is 11.5 Å². The molecule has 8 atom stereocenters. The van der Waals surface area contributed by atoms with Crippen LogP contribution in [0.4, 0.5) is 0 Å². The number of rotatable bonds is 15. The van der Waals surface area contributed by atoms with Crippen LogP contribution in [0.2, 0.25) is 0 Å². The van der Waals surface area contributed by atoms with Crippen molar-refractivity contribution in [3.63, 3.8) is 0 Å². The fourth-order valence-electron chi connectivity index (χ4n) is 9.43. The van der Waals surface area contributed by atoms with E-state index >= 15 is 0 Å². The number of hydrogen-bond donors (Lipinski definition) is 2. The molecule has 3 fully saturated rings. The minimum Gasteiger partial charge on any atom is -0.390 e. The van der Waals surface area contributed by atoms with Gasteiger partial charge in [0.1, 0.15) is 11.6 Å². The number of fused-ring (bicyclic) bond motifs is 1. The molecule has 0 aliphatic heterocycles. The zero-order valence-electron chi connectivity index (χ0n) is 28.2. The van der Waals surface area contributed by atoms with E-state index in [1.165, 1.54) is 18.4 Å². The molecule has 0 saturated heterocycles. The zero-order valence-corrected chi connectivity index (χ0v) is 28.2. The minimum absolute atomic E-state index is 0.0325. The Balaban J connectivity index is 1.55. The Morgan fingerprint density at radius 2 is 1.68 bits per heavy atom. The first kappa shape index (κ1) is 34.6. The van der Waals surface area contributed by atoms with Crippen LogP contribution in [0, 0.1) is 46.8 Å². The van der Waals surface area contributed by atoms with E-state index in [2.05, 4.69) is 39.5 Å². The molecular formula is C39H59NO4. The van der Waals surface area contributed by atoms with Crippen molar-refractivity contribution in [3.05, 3.63) is 48.0 Å². The second kappa shape index (κ2) is 14.4. The highest BCUT2D eigenvalue weighted by Gasteiger charge is 2.65. The molecule has 0 spiro atoms. The summed E-state index contributed by atoms with van der Waals surface area (Å²) >= 11 is 0. The molecule has 3 saturated carbocycles. The van der Waals surface area contributed by atoms with Crippen LogP contribution in [0.3, 0.4) is 0 Å². The van der Waals surface area contributed by atoms with Gasteiger partial charge in [-0.15, -0.1) is 0 Å². The molecule has 3 aliphatic carbocycles. The molecule has 3 aliphatic rings. The van der Waals surface area contributed by atoms with E-state index in [1.807, 2.05) is 32.0 Å². The Morgan fingerprint density at radius 3 is 2.27 bits per heavy atom. The van der Waals surface area contributed by atoms with Crippen molar-refractivity contribution in [2.75, 3.05) is 0 Å². The molecule has 1 aromatic rings. The lowest BCUT2D eigenvalue weighted by Crippen LogP contribution is -2.40. The van der Waals surface area contributed by atoms with Gasteiger partial charge in [-0.2, -0.15) is 0 Å². The van der Waals surface area contributed by atoms with Gasteiger partial charge in [0.2, 0.25) is 5.91 Å². The highest BCUT2D eigenvalue weighted by atomic mass is 16.3. The van der Waals surface area contributed by atoms with Crippen molar-refractivity contribution in [2.24, 2.45) is 52.6 Å². The maximum atomic E-state index is 14.7. The number of benzene rings is 1. The number of carbonyl (C=O) groups is 3. The normalized spacial score (nSPS) is 28.4. The van der Waals surface area contributed by atoms with Crippen LogP contribution in [-0.2, 0) is 14.4 Å². The molecule has 3 N–H and O–H groups in total. The second-order valence-electron chi connectivity index (χ2n) is 15.8. The largest absolute Gasteiger partial charge is 0.390 e. The van der Waals surface area contributed by atoms with Gasteiger partial charge in [0, 0.05) is 29.7 Å². The Labute approximate surface area is 266 Å². The fourth-order valence-corrected chi connectivity index (χ4v) is 9.43. The van der Waals surface area contributed by atoms with Crippen LogP contribution >= 0.6 is 0 Å². The third-order valence-electron chi connectivity index (χ3n) is 12.0. The van der Waals surface area contributed by atoms with Crippen molar-refractivity contribution >= 4 is 17.5 Å². The van der Waals surface area contributed by atoms with Crippen molar-refractivity contribution in [1.82, 2.24) is 0 Å².